The molecule has 0 rings (SSSR count). The van der Waals surface area contributed by atoms with Gasteiger partial charge in [0.25, 0.3) is 0 Å². The number of carboxylic acids is 1. The summed E-state index contributed by atoms with van der Waals surface area (Å²) in [5, 5.41) is 42.3. The number of carbonyl (C=O) groups is 11. The minimum absolute atomic E-state index is 0.0283. The van der Waals surface area contributed by atoms with Gasteiger partial charge in [-0.3, -0.25) is 62.7 Å². The van der Waals surface area contributed by atoms with Crippen LogP contribution in [0.2, 0.25) is 0 Å². The lowest BCUT2D eigenvalue weighted by Gasteiger charge is -2.26. The van der Waals surface area contributed by atoms with E-state index < -0.39 is 164 Å². The molecule has 0 aliphatic heterocycles. The molecule has 0 radical (unpaired) electrons. The van der Waals surface area contributed by atoms with Crippen LogP contribution in [0.15, 0.2) is 9.98 Å². The van der Waals surface area contributed by atoms with Crippen LogP contribution in [0, 0.1) is 17.8 Å². The molecule has 456 valence electrons. The Balaban J connectivity index is 5.94. The molecule has 80 heavy (non-hydrogen) atoms. The zero-order valence-corrected chi connectivity index (χ0v) is 47.7. The topological polar surface area (TPSA) is 463 Å². The number of primary amides is 1. The molecule has 6 amide bonds. The van der Waals surface area contributed by atoms with Crippen LogP contribution < -0.4 is 55.3 Å². The van der Waals surface area contributed by atoms with Gasteiger partial charge in [-0.2, -0.15) is 0 Å². The Kier molecular flexibility index (Phi) is 39.7. The Morgan fingerprint density at radius 2 is 1.01 bits per heavy atom. The number of hydrogen-bond donors (Lipinski definition) is 13. The maximum Gasteiger partial charge on any atom is 0.303 e. The largest absolute Gasteiger partial charge is 0.481 e. The van der Waals surface area contributed by atoms with Crippen LogP contribution in [-0.4, -0.2) is 148 Å². The third-order valence-corrected chi connectivity index (χ3v) is 13.4. The third kappa shape index (κ3) is 35.1. The molecule has 0 aromatic heterocycles. The van der Waals surface area contributed by atoms with Gasteiger partial charge in [0.1, 0.15) is 12.1 Å². The van der Waals surface area contributed by atoms with E-state index in [0.29, 0.717) is 6.42 Å². The number of carbonyl (C=O) groups excluding carboxylic acids is 10. The van der Waals surface area contributed by atoms with Crippen LogP contribution in [0.3, 0.4) is 0 Å². The van der Waals surface area contributed by atoms with E-state index in [-0.39, 0.29) is 63.5 Å². The van der Waals surface area contributed by atoms with Crippen LogP contribution in [0.5, 0.6) is 0 Å². The number of aliphatic hydroxyl groups is 2. The average molecular weight is 1140 g/mol. The summed E-state index contributed by atoms with van der Waals surface area (Å²) >= 11 is 0. The second-order valence-corrected chi connectivity index (χ2v) is 20.5. The van der Waals surface area contributed by atoms with E-state index in [1.54, 1.807) is 6.92 Å². The number of rotatable bonds is 49. The summed E-state index contributed by atoms with van der Waals surface area (Å²) in [6, 6.07) is -5.60. The predicted octanol–water partition coefficient (Wildman–Crippen LogP) is 0.469. The Morgan fingerprint density at radius 3 is 1.51 bits per heavy atom. The number of amides is 6. The Labute approximate surface area is 470 Å². The number of guanidine groups is 2. The Bertz CT molecular complexity index is 2030. The zero-order chi connectivity index (χ0) is 60.6. The zero-order valence-electron chi connectivity index (χ0n) is 47.7. The van der Waals surface area contributed by atoms with Crippen molar-refractivity contribution in [2.75, 3.05) is 26.2 Å². The second kappa shape index (κ2) is 43.3. The highest BCUT2D eigenvalue weighted by atomic mass is 16.4. The number of aliphatic carboxylic acids is 1. The van der Waals surface area contributed by atoms with Gasteiger partial charge < -0.3 is 70.6 Å². The molecular weight excluding hydrogens is 1040 g/mol. The molecule has 0 saturated heterocycles. The number of ketones is 4. The third-order valence-electron chi connectivity index (χ3n) is 13.4. The van der Waals surface area contributed by atoms with Gasteiger partial charge in [0, 0.05) is 63.5 Å². The summed E-state index contributed by atoms with van der Waals surface area (Å²) in [4.78, 5) is 151. The van der Waals surface area contributed by atoms with Crippen molar-refractivity contribution in [3.63, 3.8) is 0 Å². The summed E-state index contributed by atoms with van der Waals surface area (Å²) in [6.45, 7) is 5.22. The van der Waals surface area contributed by atoms with Crippen molar-refractivity contribution in [2.24, 2.45) is 56.4 Å². The van der Waals surface area contributed by atoms with Crippen molar-refractivity contribution in [3.8, 4) is 0 Å². The molecule has 8 atom stereocenters. The fourth-order valence-corrected chi connectivity index (χ4v) is 8.64. The molecule has 26 nitrogen and oxygen atoms in total. The van der Waals surface area contributed by atoms with Crippen LogP contribution in [0.4, 0.5) is 0 Å². The minimum atomic E-state index is -1.67. The van der Waals surface area contributed by atoms with Crippen LogP contribution >= 0.6 is 0 Å². The number of aliphatic hydroxyl groups excluding tert-OH is 2. The fraction of sp³-hybridized carbons (Fsp3) is 0.759. The summed E-state index contributed by atoms with van der Waals surface area (Å²) in [6.07, 6.45) is 10.0. The van der Waals surface area contributed by atoms with E-state index in [2.05, 4.69) is 43.5 Å². The molecule has 0 fully saturated rings. The summed E-state index contributed by atoms with van der Waals surface area (Å²) in [5.74, 6) is -13.2. The molecule has 26 heteroatoms. The number of nitrogens with one attached hydrogen (secondary N) is 5. The SMILES string of the molecule is CCCCCCCCCCCCCCCC(=O)N[C@@H](CCCN=C(N)N)C(=O)N[C@@H](CCC(=O)O)C(=O)C[C@H](C(=O)N[C@@H](CC(N)=O)C(=O)C[C@@H](C)C(=O)NCC(=O)C[C@@H](CCCN=C(N)N)C(=O)N[C@@H](CO)C(=O)CC)[C@@H](C)O. The standard InChI is InChI=1S/C54H96N12O14/c1-5-7-8-9-10-11-12-13-14-15-16-17-18-23-47(74)63-40(22-20-27-61-54(58)59)52(80)64-39(24-25-48(75)76)45(72)30-38(35(4)68)51(79)65-41(31-46(55)73)44(71)28-34(3)49(77)62-32-37(69)29-36(21-19-26-60-53(56)57)50(78)66-42(33-67)43(70)6-2/h34-36,38-42,67-68H,5-33H2,1-4H3,(H2,55,73)(H,62,77)(H,63,74)(H,64,80)(H,65,79)(H,66,78)(H,75,76)(H4,56,57,60)(H4,58,59,61)/t34-,35-,36-,38+,39+,40+,41+,42+/m1/s1. The number of nitrogens with zero attached hydrogens (tertiary/aromatic N) is 2. The Hall–Kier alpha value is -6.57. The van der Waals surface area contributed by atoms with Gasteiger partial charge in [-0.05, 0) is 45.4 Å². The first-order valence-corrected chi connectivity index (χ1v) is 28.3. The molecule has 0 unspecified atom stereocenters. The lowest BCUT2D eigenvalue weighted by atomic mass is 9.90. The molecule has 0 aromatic rings. The van der Waals surface area contributed by atoms with Crippen LogP contribution in [0.25, 0.3) is 0 Å². The smallest absolute Gasteiger partial charge is 0.303 e. The van der Waals surface area contributed by atoms with Crippen molar-refractivity contribution < 1.29 is 68.1 Å². The number of Topliss-reactive ketones (excluding diaryl/α,β-unsaturated/α-hetero) is 4. The first kappa shape index (κ1) is 73.4. The molecule has 18 N–H and O–H groups in total. The minimum Gasteiger partial charge on any atom is -0.481 e. The van der Waals surface area contributed by atoms with Gasteiger partial charge in [-0.1, -0.05) is 97.8 Å². The monoisotopic (exact) mass is 1140 g/mol. The van der Waals surface area contributed by atoms with Crippen molar-refractivity contribution in [1.82, 2.24) is 26.6 Å². The predicted molar refractivity (Wildman–Crippen MR) is 301 cm³/mol. The lowest BCUT2D eigenvalue weighted by molar-refractivity contribution is -0.139. The van der Waals surface area contributed by atoms with Gasteiger partial charge in [0.05, 0.1) is 43.7 Å². The lowest BCUT2D eigenvalue weighted by Crippen LogP contribution is -2.53. The van der Waals surface area contributed by atoms with Gasteiger partial charge in [-0.15, -0.1) is 0 Å². The average Bonchev–Trinajstić information content (AvgIpc) is 3.39. The van der Waals surface area contributed by atoms with E-state index in [4.69, 9.17) is 28.7 Å². The van der Waals surface area contributed by atoms with E-state index in [1.165, 1.54) is 65.2 Å². The number of carboxylic acid groups (broad SMARTS) is 1. The fourth-order valence-electron chi connectivity index (χ4n) is 8.64. The normalized spacial score (nSPS) is 14.0. The van der Waals surface area contributed by atoms with Crippen LogP contribution in [-0.2, 0) is 52.7 Å². The first-order valence-electron chi connectivity index (χ1n) is 28.3. The molecule has 0 aromatic carbocycles. The van der Waals surface area contributed by atoms with E-state index >= 15 is 0 Å². The highest BCUT2D eigenvalue weighted by Crippen LogP contribution is 2.18. The number of unbranched alkanes of at least 4 members (excludes halogenated alkanes) is 12. The summed E-state index contributed by atoms with van der Waals surface area (Å²) < 4.78 is 0. The van der Waals surface area contributed by atoms with E-state index in [9.17, 15) is 68.1 Å². The maximum atomic E-state index is 13.9. The second-order valence-electron chi connectivity index (χ2n) is 20.5. The molecule has 0 saturated carbocycles. The molecule has 0 aliphatic carbocycles. The maximum absolute atomic E-state index is 13.9. The molecule has 0 bridgehead atoms. The van der Waals surface area contributed by atoms with Gasteiger partial charge in [0.2, 0.25) is 35.4 Å². The van der Waals surface area contributed by atoms with Crippen LogP contribution in [0.1, 0.15) is 188 Å². The first-order chi connectivity index (χ1) is 37.9. The van der Waals surface area contributed by atoms with Crippen molar-refractivity contribution in [2.45, 2.75) is 218 Å². The van der Waals surface area contributed by atoms with Gasteiger partial charge in [-0.25, -0.2) is 0 Å². The molecule has 0 spiro atoms. The number of nitrogens with two attached hydrogens (primary N) is 5. The molecule has 0 aliphatic rings. The van der Waals surface area contributed by atoms with Gasteiger partial charge >= 0.3 is 5.97 Å². The molecular formula is C54H96N12O14. The highest BCUT2D eigenvalue weighted by molar-refractivity contribution is 5.99. The summed E-state index contributed by atoms with van der Waals surface area (Å²) in [5.41, 5.74) is 27.1. The number of aliphatic imine (C=N–C) groups is 2. The van der Waals surface area contributed by atoms with Gasteiger partial charge in [0.15, 0.2) is 35.1 Å². The van der Waals surface area contributed by atoms with Crippen molar-refractivity contribution in [3.05, 3.63) is 0 Å². The number of hydrogen-bond acceptors (Lipinski definition) is 15. The van der Waals surface area contributed by atoms with E-state index in [0.717, 1.165) is 25.7 Å². The van der Waals surface area contributed by atoms with Crippen molar-refractivity contribution >= 4 is 76.5 Å². The van der Waals surface area contributed by atoms with Crippen molar-refractivity contribution in [1.29, 1.82) is 0 Å². The quantitative estimate of drug-likeness (QED) is 0.0224. The molecule has 0 heterocycles. The Morgan fingerprint density at radius 1 is 0.500 bits per heavy atom. The summed E-state index contributed by atoms with van der Waals surface area (Å²) in [7, 11) is 0. The highest BCUT2D eigenvalue weighted by Gasteiger charge is 2.35. The van der Waals surface area contributed by atoms with E-state index in [1.807, 2.05) is 0 Å².